The van der Waals surface area contributed by atoms with Crippen LogP contribution >= 0.6 is 0 Å². The van der Waals surface area contributed by atoms with E-state index in [1.54, 1.807) is 6.07 Å². The van der Waals surface area contributed by atoms with E-state index < -0.39 is 5.97 Å². The number of hydrogen-bond donors (Lipinski definition) is 1. The SMILES string of the molecule is O=Cc1ccc(C(=O)OCc2ccc(O)c(C=O)c2)cc1. The summed E-state index contributed by atoms with van der Waals surface area (Å²) >= 11 is 0. The summed E-state index contributed by atoms with van der Waals surface area (Å²) in [6.07, 6.45) is 1.21. The molecule has 0 fully saturated rings. The molecule has 2 aromatic carbocycles. The number of rotatable bonds is 5. The monoisotopic (exact) mass is 284 g/mol. The zero-order valence-electron chi connectivity index (χ0n) is 11.0. The third kappa shape index (κ3) is 3.54. The van der Waals surface area contributed by atoms with E-state index in [0.717, 1.165) is 0 Å². The summed E-state index contributed by atoms with van der Waals surface area (Å²) in [5.41, 5.74) is 1.53. The van der Waals surface area contributed by atoms with E-state index in [0.29, 0.717) is 29.3 Å². The average molecular weight is 284 g/mol. The summed E-state index contributed by atoms with van der Waals surface area (Å²) in [6, 6.07) is 10.4. The standard InChI is InChI=1S/C16H12O5/c17-8-11-1-4-13(5-2-11)16(20)21-10-12-3-6-15(19)14(7-12)9-18/h1-9,19H,10H2. The van der Waals surface area contributed by atoms with Crippen LogP contribution in [0.3, 0.4) is 0 Å². The molecule has 0 heterocycles. The van der Waals surface area contributed by atoms with E-state index >= 15 is 0 Å². The molecule has 0 saturated heterocycles. The van der Waals surface area contributed by atoms with Crippen LogP contribution in [0.1, 0.15) is 36.6 Å². The lowest BCUT2D eigenvalue weighted by molar-refractivity contribution is 0.0472. The predicted octanol–water partition coefficient (Wildman–Crippen LogP) is 2.37. The largest absolute Gasteiger partial charge is 0.507 e. The Balaban J connectivity index is 2.03. The molecular formula is C16H12O5. The van der Waals surface area contributed by atoms with Crippen LogP contribution in [0.4, 0.5) is 0 Å². The Hall–Kier alpha value is -2.95. The molecule has 5 heteroatoms. The second kappa shape index (κ2) is 6.47. The van der Waals surface area contributed by atoms with E-state index in [2.05, 4.69) is 0 Å². The minimum atomic E-state index is -0.534. The molecule has 0 unspecified atom stereocenters. The maximum absolute atomic E-state index is 11.8. The summed E-state index contributed by atoms with van der Waals surface area (Å²) in [5.74, 6) is -0.655. The van der Waals surface area contributed by atoms with Crippen molar-refractivity contribution in [3.05, 3.63) is 64.7 Å². The molecule has 0 aliphatic rings. The maximum Gasteiger partial charge on any atom is 0.338 e. The Morgan fingerprint density at radius 3 is 2.38 bits per heavy atom. The van der Waals surface area contributed by atoms with Crippen molar-refractivity contribution in [2.75, 3.05) is 0 Å². The molecule has 0 radical (unpaired) electrons. The summed E-state index contributed by atoms with van der Waals surface area (Å²) in [7, 11) is 0. The Morgan fingerprint density at radius 2 is 1.76 bits per heavy atom. The highest BCUT2D eigenvalue weighted by atomic mass is 16.5. The normalized spacial score (nSPS) is 9.90. The first kappa shape index (κ1) is 14.5. The van der Waals surface area contributed by atoms with Crippen LogP contribution in [0, 0.1) is 0 Å². The first-order valence-electron chi connectivity index (χ1n) is 6.13. The van der Waals surface area contributed by atoms with Crippen LogP contribution in [0.15, 0.2) is 42.5 Å². The van der Waals surface area contributed by atoms with Gasteiger partial charge < -0.3 is 9.84 Å². The van der Waals surface area contributed by atoms with Crippen LogP contribution < -0.4 is 0 Å². The fraction of sp³-hybridized carbons (Fsp3) is 0.0625. The zero-order chi connectivity index (χ0) is 15.2. The molecule has 0 aromatic heterocycles. The van der Waals surface area contributed by atoms with Crippen molar-refractivity contribution in [3.63, 3.8) is 0 Å². The van der Waals surface area contributed by atoms with Crippen molar-refractivity contribution in [2.24, 2.45) is 0 Å². The molecule has 2 rings (SSSR count). The highest BCUT2D eigenvalue weighted by Gasteiger charge is 2.08. The lowest BCUT2D eigenvalue weighted by atomic mass is 10.1. The van der Waals surface area contributed by atoms with Crippen molar-refractivity contribution < 1.29 is 24.2 Å². The lowest BCUT2D eigenvalue weighted by Crippen LogP contribution is -2.05. The second-order valence-electron chi connectivity index (χ2n) is 4.33. The summed E-state index contributed by atoms with van der Waals surface area (Å²) in [5, 5.41) is 9.37. The number of aldehydes is 2. The lowest BCUT2D eigenvalue weighted by Gasteiger charge is -2.06. The van der Waals surface area contributed by atoms with Gasteiger partial charge in [-0.15, -0.1) is 0 Å². The van der Waals surface area contributed by atoms with E-state index in [-0.39, 0.29) is 17.9 Å². The number of phenols is 1. The van der Waals surface area contributed by atoms with Crippen molar-refractivity contribution in [1.82, 2.24) is 0 Å². The van der Waals surface area contributed by atoms with Gasteiger partial charge in [0.2, 0.25) is 0 Å². The van der Waals surface area contributed by atoms with Gasteiger partial charge in [0.05, 0.1) is 11.1 Å². The van der Waals surface area contributed by atoms with Crippen molar-refractivity contribution in [3.8, 4) is 5.75 Å². The maximum atomic E-state index is 11.8. The molecule has 0 spiro atoms. The summed E-state index contributed by atoms with van der Waals surface area (Å²) in [6.45, 7) is -0.0185. The van der Waals surface area contributed by atoms with Crippen LogP contribution in [0.5, 0.6) is 5.75 Å². The molecule has 0 atom stereocenters. The Kier molecular flexibility index (Phi) is 4.46. The van der Waals surface area contributed by atoms with Gasteiger partial charge >= 0.3 is 5.97 Å². The second-order valence-corrected chi connectivity index (χ2v) is 4.33. The minimum absolute atomic E-state index is 0.0185. The predicted molar refractivity (Wildman–Crippen MR) is 74.4 cm³/mol. The molecule has 0 saturated carbocycles. The molecular weight excluding hydrogens is 272 g/mol. The molecule has 0 amide bonds. The minimum Gasteiger partial charge on any atom is -0.507 e. The molecule has 106 valence electrons. The Bertz CT molecular complexity index is 674. The number of carbonyl (C=O) groups excluding carboxylic acids is 3. The summed E-state index contributed by atoms with van der Waals surface area (Å²) < 4.78 is 5.10. The quantitative estimate of drug-likeness (QED) is 0.673. The van der Waals surface area contributed by atoms with Gasteiger partial charge in [-0.1, -0.05) is 18.2 Å². The van der Waals surface area contributed by atoms with Gasteiger partial charge in [-0.3, -0.25) is 9.59 Å². The van der Waals surface area contributed by atoms with E-state index in [1.165, 1.54) is 36.4 Å². The molecule has 21 heavy (non-hydrogen) atoms. The smallest absolute Gasteiger partial charge is 0.338 e. The summed E-state index contributed by atoms with van der Waals surface area (Å²) in [4.78, 5) is 33.0. The van der Waals surface area contributed by atoms with Crippen LogP contribution in [-0.4, -0.2) is 23.6 Å². The van der Waals surface area contributed by atoms with Gasteiger partial charge in [0.1, 0.15) is 18.6 Å². The van der Waals surface area contributed by atoms with E-state index in [4.69, 9.17) is 4.74 Å². The number of aromatic hydroxyl groups is 1. The van der Waals surface area contributed by atoms with Gasteiger partial charge in [0, 0.05) is 5.56 Å². The number of benzene rings is 2. The molecule has 0 aliphatic heterocycles. The van der Waals surface area contributed by atoms with Crippen molar-refractivity contribution in [2.45, 2.75) is 6.61 Å². The number of phenolic OH excluding ortho intramolecular Hbond substituents is 1. The van der Waals surface area contributed by atoms with Crippen LogP contribution in [0.25, 0.3) is 0 Å². The Labute approximate surface area is 120 Å². The van der Waals surface area contributed by atoms with Gasteiger partial charge in [-0.05, 0) is 29.8 Å². The van der Waals surface area contributed by atoms with Crippen LogP contribution in [-0.2, 0) is 11.3 Å². The number of esters is 1. The molecule has 0 bridgehead atoms. The number of hydrogen-bond acceptors (Lipinski definition) is 5. The van der Waals surface area contributed by atoms with E-state index in [1.807, 2.05) is 0 Å². The van der Waals surface area contributed by atoms with Crippen molar-refractivity contribution >= 4 is 18.5 Å². The van der Waals surface area contributed by atoms with Gasteiger partial charge in [0.15, 0.2) is 6.29 Å². The fourth-order valence-electron chi connectivity index (χ4n) is 1.72. The average Bonchev–Trinajstić information content (AvgIpc) is 2.53. The fourth-order valence-corrected chi connectivity index (χ4v) is 1.72. The van der Waals surface area contributed by atoms with Gasteiger partial charge in [0.25, 0.3) is 0 Å². The first-order chi connectivity index (χ1) is 10.1. The van der Waals surface area contributed by atoms with Gasteiger partial charge in [-0.2, -0.15) is 0 Å². The topological polar surface area (TPSA) is 80.7 Å². The third-order valence-electron chi connectivity index (χ3n) is 2.87. The molecule has 2 aromatic rings. The molecule has 0 aliphatic carbocycles. The van der Waals surface area contributed by atoms with Crippen molar-refractivity contribution in [1.29, 1.82) is 0 Å². The Morgan fingerprint density at radius 1 is 1.05 bits per heavy atom. The van der Waals surface area contributed by atoms with Gasteiger partial charge in [-0.25, -0.2) is 4.79 Å². The highest BCUT2D eigenvalue weighted by Crippen LogP contribution is 2.17. The molecule has 1 N–H and O–H groups in total. The van der Waals surface area contributed by atoms with E-state index in [9.17, 15) is 19.5 Å². The number of carbonyl (C=O) groups is 3. The first-order valence-corrected chi connectivity index (χ1v) is 6.13. The highest BCUT2D eigenvalue weighted by molar-refractivity contribution is 5.90. The zero-order valence-corrected chi connectivity index (χ0v) is 11.0. The molecule has 5 nitrogen and oxygen atoms in total. The van der Waals surface area contributed by atoms with Crippen LogP contribution in [0.2, 0.25) is 0 Å². The third-order valence-corrected chi connectivity index (χ3v) is 2.87. The number of ether oxygens (including phenoxy) is 1.